The molecule has 24 heavy (non-hydrogen) atoms. The minimum atomic E-state index is -0.192. The number of nitrogens with zero attached hydrogens (tertiary/aromatic N) is 5. The summed E-state index contributed by atoms with van der Waals surface area (Å²) in [4.78, 5) is 16.0. The van der Waals surface area contributed by atoms with Crippen LogP contribution in [-0.4, -0.2) is 30.5 Å². The van der Waals surface area contributed by atoms with Gasteiger partial charge in [0.1, 0.15) is 6.33 Å². The van der Waals surface area contributed by atoms with Crippen LogP contribution in [0.15, 0.2) is 43.0 Å². The Labute approximate surface area is 148 Å². The Hall–Kier alpha value is -2.38. The molecular weight excluding hydrogens is 351 g/mol. The summed E-state index contributed by atoms with van der Waals surface area (Å²) < 4.78 is 3.24. The van der Waals surface area contributed by atoms with Gasteiger partial charge in [-0.2, -0.15) is 5.10 Å². The molecule has 0 spiro atoms. The van der Waals surface area contributed by atoms with Crippen molar-refractivity contribution in [1.82, 2.24) is 24.5 Å². The Morgan fingerprint density at radius 1 is 1.21 bits per heavy atom. The average molecular weight is 365 g/mol. The summed E-state index contributed by atoms with van der Waals surface area (Å²) in [6, 6.07) is 7.49. The van der Waals surface area contributed by atoms with Gasteiger partial charge < -0.3 is 0 Å². The summed E-state index contributed by atoms with van der Waals surface area (Å²) in [5.41, 5.74) is 1.00. The zero-order valence-electron chi connectivity index (χ0n) is 12.6. The van der Waals surface area contributed by atoms with Crippen LogP contribution >= 0.6 is 23.2 Å². The highest BCUT2D eigenvalue weighted by molar-refractivity contribution is 6.30. The minimum absolute atomic E-state index is 0.192. The summed E-state index contributed by atoms with van der Waals surface area (Å²) in [5, 5.41) is 12.1. The molecule has 3 rings (SSSR count). The second-order valence-corrected chi connectivity index (χ2v) is 5.99. The summed E-state index contributed by atoms with van der Waals surface area (Å²) in [6.45, 7) is 0.955. The first-order valence-corrected chi connectivity index (χ1v) is 7.96. The third-order valence-corrected chi connectivity index (χ3v) is 3.62. The minimum Gasteiger partial charge on any atom is -0.293 e. The van der Waals surface area contributed by atoms with E-state index in [0.717, 1.165) is 5.56 Å². The fraction of sp³-hybridized carbons (Fsp3) is 0.200. The fourth-order valence-electron chi connectivity index (χ4n) is 2.11. The van der Waals surface area contributed by atoms with Crippen LogP contribution < -0.4 is 5.32 Å². The van der Waals surface area contributed by atoms with Gasteiger partial charge in [-0.05, 0) is 17.7 Å². The molecule has 3 aromatic rings. The van der Waals surface area contributed by atoms with Gasteiger partial charge in [0, 0.05) is 24.2 Å². The Morgan fingerprint density at radius 3 is 2.83 bits per heavy atom. The number of benzene rings is 1. The lowest BCUT2D eigenvalue weighted by atomic mass is 10.2. The van der Waals surface area contributed by atoms with E-state index in [1.807, 2.05) is 24.3 Å². The van der Waals surface area contributed by atoms with E-state index in [9.17, 15) is 4.79 Å². The molecule has 124 valence electrons. The van der Waals surface area contributed by atoms with Crippen LogP contribution in [0.1, 0.15) is 12.0 Å². The van der Waals surface area contributed by atoms with Crippen LogP contribution in [0.25, 0.3) is 0 Å². The van der Waals surface area contributed by atoms with Gasteiger partial charge in [0.2, 0.25) is 11.9 Å². The molecular formula is C15H14Cl2N6O. The normalized spacial score (nSPS) is 10.8. The number of carbonyl (C=O) groups is 1. The van der Waals surface area contributed by atoms with Gasteiger partial charge in [-0.25, -0.2) is 9.67 Å². The number of hydrogen-bond donors (Lipinski definition) is 1. The van der Waals surface area contributed by atoms with Crippen molar-refractivity contribution in [1.29, 1.82) is 0 Å². The molecule has 0 radical (unpaired) electrons. The lowest BCUT2D eigenvalue weighted by Gasteiger charge is -2.02. The topological polar surface area (TPSA) is 77.6 Å². The molecule has 0 bridgehead atoms. The van der Waals surface area contributed by atoms with Gasteiger partial charge >= 0.3 is 0 Å². The van der Waals surface area contributed by atoms with E-state index in [-0.39, 0.29) is 18.3 Å². The molecule has 0 saturated carbocycles. The monoisotopic (exact) mass is 364 g/mol. The number of amides is 1. The number of aryl methyl sites for hydroxylation is 1. The molecule has 0 aliphatic heterocycles. The standard InChI is InChI=1S/C15H14Cl2N6O/c16-12-3-1-2-11(6-12)8-23-10-18-15(21-23)20-14(24)4-5-22-9-13(17)7-19-22/h1-3,6-7,9-10H,4-5,8H2,(H,20,21,24). The maximum atomic E-state index is 11.9. The molecule has 0 aliphatic rings. The Bertz CT molecular complexity index is 844. The Balaban J connectivity index is 1.52. The summed E-state index contributed by atoms with van der Waals surface area (Å²) in [6.07, 6.45) is 5.00. The van der Waals surface area contributed by atoms with Gasteiger partial charge in [-0.3, -0.25) is 14.8 Å². The first kappa shape index (κ1) is 16.5. The summed E-state index contributed by atoms with van der Waals surface area (Å²) in [7, 11) is 0. The van der Waals surface area contributed by atoms with Crippen molar-refractivity contribution in [3.05, 3.63) is 58.6 Å². The number of rotatable bonds is 6. The van der Waals surface area contributed by atoms with E-state index in [0.29, 0.717) is 23.1 Å². The predicted molar refractivity (Wildman–Crippen MR) is 91.1 cm³/mol. The molecule has 1 amide bonds. The highest BCUT2D eigenvalue weighted by Crippen LogP contribution is 2.12. The largest absolute Gasteiger partial charge is 0.293 e. The molecule has 1 N–H and O–H groups in total. The van der Waals surface area contributed by atoms with Crippen molar-refractivity contribution >= 4 is 35.1 Å². The maximum Gasteiger partial charge on any atom is 0.248 e. The SMILES string of the molecule is O=C(CCn1cc(Cl)cn1)Nc1ncn(Cc2cccc(Cl)c2)n1. The van der Waals surface area contributed by atoms with Crippen molar-refractivity contribution in [2.24, 2.45) is 0 Å². The van der Waals surface area contributed by atoms with Crippen molar-refractivity contribution < 1.29 is 4.79 Å². The van der Waals surface area contributed by atoms with E-state index >= 15 is 0 Å². The molecule has 0 fully saturated rings. The number of halogens is 2. The van der Waals surface area contributed by atoms with E-state index < -0.39 is 0 Å². The highest BCUT2D eigenvalue weighted by atomic mass is 35.5. The van der Waals surface area contributed by atoms with Gasteiger partial charge in [0.15, 0.2) is 0 Å². The molecule has 7 nitrogen and oxygen atoms in total. The molecule has 1 aromatic carbocycles. The van der Waals surface area contributed by atoms with Crippen LogP contribution in [0.3, 0.4) is 0 Å². The quantitative estimate of drug-likeness (QED) is 0.729. The number of carbonyl (C=O) groups excluding carboxylic acids is 1. The van der Waals surface area contributed by atoms with Gasteiger partial charge in [0.05, 0.1) is 17.8 Å². The predicted octanol–water partition coefficient (Wildman–Crippen LogP) is 2.86. The van der Waals surface area contributed by atoms with E-state index in [1.165, 1.54) is 6.20 Å². The first-order valence-electron chi connectivity index (χ1n) is 7.20. The van der Waals surface area contributed by atoms with E-state index in [4.69, 9.17) is 23.2 Å². The number of hydrogen-bond acceptors (Lipinski definition) is 4. The van der Waals surface area contributed by atoms with Gasteiger partial charge in [0.25, 0.3) is 0 Å². The molecule has 9 heteroatoms. The van der Waals surface area contributed by atoms with Crippen molar-refractivity contribution in [3.63, 3.8) is 0 Å². The zero-order valence-corrected chi connectivity index (χ0v) is 14.1. The maximum absolute atomic E-state index is 11.9. The second-order valence-electron chi connectivity index (χ2n) is 5.12. The van der Waals surface area contributed by atoms with Crippen molar-refractivity contribution in [3.8, 4) is 0 Å². The van der Waals surface area contributed by atoms with Crippen LogP contribution in [-0.2, 0) is 17.9 Å². The molecule has 2 aromatic heterocycles. The van der Waals surface area contributed by atoms with E-state index in [2.05, 4.69) is 20.5 Å². The molecule has 0 unspecified atom stereocenters. The first-order chi connectivity index (χ1) is 11.6. The van der Waals surface area contributed by atoms with Crippen LogP contribution in [0.4, 0.5) is 5.95 Å². The van der Waals surface area contributed by atoms with Crippen LogP contribution in [0.5, 0.6) is 0 Å². The summed E-state index contributed by atoms with van der Waals surface area (Å²) in [5.74, 6) is 0.0719. The molecule has 0 saturated heterocycles. The average Bonchev–Trinajstić information content (AvgIpc) is 3.14. The van der Waals surface area contributed by atoms with Gasteiger partial charge in [-0.15, -0.1) is 5.10 Å². The number of anilines is 1. The van der Waals surface area contributed by atoms with Crippen LogP contribution in [0, 0.1) is 0 Å². The van der Waals surface area contributed by atoms with Crippen molar-refractivity contribution in [2.45, 2.75) is 19.5 Å². The Morgan fingerprint density at radius 2 is 2.08 bits per heavy atom. The zero-order chi connectivity index (χ0) is 16.9. The lowest BCUT2D eigenvalue weighted by molar-refractivity contribution is -0.116. The Kier molecular flexibility index (Phi) is 5.12. The molecule has 2 heterocycles. The summed E-state index contributed by atoms with van der Waals surface area (Å²) >= 11 is 11.7. The third kappa shape index (κ3) is 4.56. The molecule has 0 aliphatic carbocycles. The fourth-order valence-corrected chi connectivity index (χ4v) is 2.48. The van der Waals surface area contributed by atoms with Gasteiger partial charge in [-0.1, -0.05) is 35.3 Å². The number of nitrogens with one attached hydrogen (secondary N) is 1. The lowest BCUT2D eigenvalue weighted by Crippen LogP contribution is -2.16. The highest BCUT2D eigenvalue weighted by Gasteiger charge is 2.08. The third-order valence-electron chi connectivity index (χ3n) is 3.19. The van der Waals surface area contributed by atoms with Crippen molar-refractivity contribution in [2.75, 3.05) is 5.32 Å². The second kappa shape index (κ2) is 7.46. The number of aromatic nitrogens is 5. The van der Waals surface area contributed by atoms with Crippen LogP contribution in [0.2, 0.25) is 10.0 Å². The van der Waals surface area contributed by atoms with E-state index in [1.54, 1.807) is 21.9 Å². The molecule has 0 atom stereocenters. The smallest absolute Gasteiger partial charge is 0.248 e.